The Morgan fingerprint density at radius 3 is 2.29 bits per heavy atom. The maximum atomic E-state index is 2.50. The van der Waals surface area contributed by atoms with Crippen LogP contribution in [-0.4, -0.2) is 10.5 Å². The van der Waals surface area contributed by atoms with Gasteiger partial charge >= 0.3 is 0 Å². The highest BCUT2D eigenvalue weighted by Gasteiger charge is 2.36. The first-order valence-corrected chi connectivity index (χ1v) is 18.2. The van der Waals surface area contributed by atoms with E-state index < -0.39 is 0 Å². The standard InChI is InChI=1S/C42H28S3/c1-4-19-37-31(10-1)34-16-7-13-28(40(34)43-37)25-22-26(29-14-8-17-35-32-11-2-5-20-38(32)44-41(29)35)24-27(23-25)30-15-9-18-36-33-12-3-6-21-39(33)45-42(30)36/h1-24,28,32,38,40H. The van der Waals surface area contributed by atoms with Crippen molar-refractivity contribution >= 4 is 60.6 Å². The van der Waals surface area contributed by atoms with Crippen molar-refractivity contribution in [3.05, 3.63) is 162 Å². The van der Waals surface area contributed by atoms with Gasteiger partial charge in [-0.2, -0.15) is 0 Å². The van der Waals surface area contributed by atoms with E-state index >= 15 is 0 Å². The fourth-order valence-corrected chi connectivity index (χ4v) is 11.9. The van der Waals surface area contributed by atoms with Crippen molar-refractivity contribution in [1.82, 2.24) is 0 Å². The molecule has 4 unspecified atom stereocenters. The highest BCUT2D eigenvalue weighted by Crippen LogP contribution is 2.55. The molecule has 0 nitrogen and oxygen atoms in total. The van der Waals surface area contributed by atoms with Crippen molar-refractivity contribution in [3.63, 3.8) is 0 Å². The summed E-state index contributed by atoms with van der Waals surface area (Å²) in [5.41, 5.74) is 11.0. The van der Waals surface area contributed by atoms with Crippen molar-refractivity contribution in [2.45, 2.75) is 32.1 Å². The van der Waals surface area contributed by atoms with Crippen molar-refractivity contribution in [2.75, 3.05) is 0 Å². The van der Waals surface area contributed by atoms with E-state index in [1.165, 1.54) is 74.5 Å². The summed E-state index contributed by atoms with van der Waals surface area (Å²) in [7, 11) is 0. The topological polar surface area (TPSA) is 0 Å². The Labute approximate surface area is 275 Å². The molecular formula is C42H28S3. The van der Waals surface area contributed by atoms with E-state index in [1.54, 1.807) is 0 Å². The monoisotopic (exact) mass is 628 g/mol. The number of thiophene rings is 1. The van der Waals surface area contributed by atoms with E-state index in [2.05, 4.69) is 146 Å². The molecule has 0 spiro atoms. The van der Waals surface area contributed by atoms with Crippen molar-refractivity contribution in [1.29, 1.82) is 0 Å². The van der Waals surface area contributed by atoms with Crippen LogP contribution in [0.3, 0.4) is 0 Å². The number of rotatable bonds is 3. The highest BCUT2D eigenvalue weighted by atomic mass is 32.2. The molecule has 0 saturated carbocycles. The maximum absolute atomic E-state index is 2.50. The van der Waals surface area contributed by atoms with Gasteiger partial charge in [0.2, 0.25) is 0 Å². The van der Waals surface area contributed by atoms with Crippen LogP contribution in [0.25, 0.3) is 48.0 Å². The van der Waals surface area contributed by atoms with E-state index in [0.717, 1.165) is 0 Å². The Morgan fingerprint density at radius 1 is 0.556 bits per heavy atom. The number of benzene rings is 5. The number of thioether (sulfide) groups is 2. The normalized spacial score (nSPS) is 22.4. The second kappa shape index (κ2) is 10.3. The van der Waals surface area contributed by atoms with Crippen LogP contribution in [0, 0.1) is 0 Å². The summed E-state index contributed by atoms with van der Waals surface area (Å²) in [6, 6.07) is 39.1. The fraction of sp³-hybridized carbons (Fsp3) is 0.0952. The van der Waals surface area contributed by atoms with Gasteiger partial charge in [-0.15, -0.1) is 34.9 Å². The quantitative estimate of drug-likeness (QED) is 0.191. The molecule has 2 aliphatic carbocycles. The molecule has 4 atom stereocenters. The molecule has 0 radical (unpaired) electrons. The highest BCUT2D eigenvalue weighted by molar-refractivity contribution is 8.01. The molecular weight excluding hydrogens is 601 g/mol. The van der Waals surface area contributed by atoms with Gasteiger partial charge in [-0.3, -0.25) is 0 Å². The van der Waals surface area contributed by atoms with Crippen LogP contribution in [0.1, 0.15) is 28.5 Å². The van der Waals surface area contributed by atoms with Crippen molar-refractivity contribution in [2.24, 2.45) is 0 Å². The smallest absolute Gasteiger partial charge is 0.0454 e. The van der Waals surface area contributed by atoms with Crippen LogP contribution >= 0.6 is 34.9 Å². The van der Waals surface area contributed by atoms with Gasteiger partial charge in [0.25, 0.3) is 0 Å². The molecule has 0 N–H and O–H groups in total. The zero-order chi connectivity index (χ0) is 29.5. The third-order valence-corrected chi connectivity index (χ3v) is 13.8. The van der Waals surface area contributed by atoms with Gasteiger partial charge in [-0.1, -0.05) is 127 Å². The molecule has 0 saturated heterocycles. The molecule has 5 aromatic carbocycles. The number of hydrogen-bond donors (Lipinski definition) is 0. The first-order chi connectivity index (χ1) is 22.3. The largest absolute Gasteiger partial charge is 0.135 e. The molecule has 0 fully saturated rings. The molecule has 6 aromatic rings. The first kappa shape index (κ1) is 26.2. The fourth-order valence-electron chi connectivity index (χ4n) is 7.70. The van der Waals surface area contributed by atoms with Crippen LogP contribution < -0.4 is 0 Å². The van der Waals surface area contributed by atoms with Gasteiger partial charge in [0, 0.05) is 52.3 Å². The van der Waals surface area contributed by atoms with Crippen LogP contribution in [-0.2, 0) is 0 Å². The predicted octanol–water partition coefficient (Wildman–Crippen LogP) is 12.3. The number of hydrogen-bond acceptors (Lipinski definition) is 3. The third kappa shape index (κ3) is 4.07. The average molecular weight is 629 g/mol. The minimum Gasteiger partial charge on any atom is -0.135 e. The Bertz CT molecular complexity index is 2310. The third-order valence-electron chi connectivity index (χ3n) is 9.79. The lowest BCUT2D eigenvalue weighted by Crippen LogP contribution is -2.14. The minimum absolute atomic E-state index is 0.292. The molecule has 214 valence electrons. The predicted molar refractivity (Wildman–Crippen MR) is 197 cm³/mol. The zero-order valence-corrected chi connectivity index (χ0v) is 26.8. The summed E-state index contributed by atoms with van der Waals surface area (Å²) >= 11 is 5.98. The van der Waals surface area contributed by atoms with Gasteiger partial charge in [-0.05, 0) is 62.7 Å². The molecule has 0 bridgehead atoms. The lowest BCUT2D eigenvalue weighted by molar-refractivity contribution is 0.881. The Hall–Kier alpha value is -4.02. The Balaban J connectivity index is 1.18. The van der Waals surface area contributed by atoms with E-state index in [9.17, 15) is 0 Å². The van der Waals surface area contributed by atoms with Crippen LogP contribution in [0.5, 0.6) is 0 Å². The lowest BCUT2D eigenvalue weighted by atomic mass is 9.82. The summed E-state index contributed by atoms with van der Waals surface area (Å²) < 4.78 is 2.72. The molecule has 4 aliphatic rings. The molecule has 45 heavy (non-hydrogen) atoms. The summed E-state index contributed by atoms with van der Waals surface area (Å²) in [6.45, 7) is 0. The molecule has 2 aliphatic heterocycles. The average Bonchev–Trinajstić information content (AvgIpc) is 3.79. The van der Waals surface area contributed by atoms with E-state index in [1.807, 2.05) is 34.9 Å². The minimum atomic E-state index is 0.292. The summed E-state index contributed by atoms with van der Waals surface area (Å²) in [5, 5.41) is 3.55. The SMILES string of the molecule is C1=CC2Sc3c(-c4cc(-c5cccc6c5sc5ccccc56)cc(C5C=CC=C6c7ccccc7SC65)c4)cccc3C2C=C1. The van der Waals surface area contributed by atoms with E-state index in [4.69, 9.17) is 0 Å². The second-order valence-corrected chi connectivity index (χ2v) is 15.7. The summed E-state index contributed by atoms with van der Waals surface area (Å²) in [5.74, 6) is 0.743. The van der Waals surface area contributed by atoms with Gasteiger partial charge in [-0.25, -0.2) is 0 Å². The van der Waals surface area contributed by atoms with Gasteiger partial charge in [0.1, 0.15) is 0 Å². The number of fused-ring (bicyclic) bond motifs is 9. The summed E-state index contributed by atoms with van der Waals surface area (Å²) in [4.78, 5) is 2.84. The van der Waals surface area contributed by atoms with Gasteiger partial charge < -0.3 is 0 Å². The zero-order valence-electron chi connectivity index (χ0n) is 24.4. The van der Waals surface area contributed by atoms with Gasteiger partial charge in [0.15, 0.2) is 0 Å². The van der Waals surface area contributed by atoms with Gasteiger partial charge in [0.05, 0.1) is 0 Å². The molecule has 10 rings (SSSR count). The Kier molecular flexibility index (Phi) is 5.97. The van der Waals surface area contributed by atoms with Crippen LogP contribution in [0.15, 0.2) is 155 Å². The van der Waals surface area contributed by atoms with E-state index in [0.29, 0.717) is 22.3 Å². The first-order valence-electron chi connectivity index (χ1n) is 15.7. The van der Waals surface area contributed by atoms with E-state index in [-0.39, 0.29) is 0 Å². The number of allylic oxidation sites excluding steroid dienone is 6. The molecule has 1 aromatic heterocycles. The summed E-state index contributed by atoms with van der Waals surface area (Å²) in [6.07, 6.45) is 16.2. The molecule has 0 amide bonds. The van der Waals surface area contributed by atoms with Crippen LogP contribution in [0.2, 0.25) is 0 Å². The second-order valence-electron chi connectivity index (χ2n) is 12.3. The van der Waals surface area contributed by atoms with Crippen LogP contribution in [0.4, 0.5) is 0 Å². The van der Waals surface area contributed by atoms with Crippen molar-refractivity contribution < 1.29 is 0 Å². The molecule has 3 heterocycles. The maximum Gasteiger partial charge on any atom is 0.0454 e. The Morgan fingerprint density at radius 2 is 1.31 bits per heavy atom. The van der Waals surface area contributed by atoms with Crippen molar-refractivity contribution in [3.8, 4) is 22.3 Å². The molecule has 3 heteroatoms. The lowest BCUT2D eigenvalue weighted by Gasteiger charge is -2.26.